The molecule has 0 spiro atoms. The lowest BCUT2D eigenvalue weighted by atomic mass is 9.92. The van der Waals surface area contributed by atoms with E-state index in [-0.39, 0.29) is 0 Å². The predicted molar refractivity (Wildman–Crippen MR) is 64.7 cm³/mol. The molecule has 0 bridgehead atoms. The third-order valence-electron chi connectivity index (χ3n) is 3.46. The lowest BCUT2D eigenvalue weighted by Gasteiger charge is -2.31. The van der Waals surface area contributed by atoms with E-state index in [2.05, 4.69) is 15.5 Å². The Bertz CT molecular complexity index is 329. The molecule has 0 radical (unpaired) electrons. The lowest BCUT2D eigenvalue weighted by Crippen LogP contribution is -2.38. The van der Waals surface area contributed by atoms with Gasteiger partial charge in [-0.3, -0.25) is 5.10 Å². The van der Waals surface area contributed by atoms with Crippen LogP contribution in [0.4, 0.5) is 5.69 Å². The van der Waals surface area contributed by atoms with Gasteiger partial charge >= 0.3 is 0 Å². The fourth-order valence-electron chi connectivity index (χ4n) is 2.49. The maximum Gasteiger partial charge on any atom is 0.0825 e. The number of anilines is 1. The molecule has 0 aliphatic heterocycles. The third-order valence-corrected chi connectivity index (χ3v) is 3.46. The molecule has 16 heavy (non-hydrogen) atoms. The molecule has 2 rings (SSSR count). The average molecular weight is 223 g/mol. The first-order valence-corrected chi connectivity index (χ1v) is 6.03. The van der Waals surface area contributed by atoms with Crippen molar-refractivity contribution in [1.82, 2.24) is 10.2 Å². The molecular formula is C12H21N3O. The topological polar surface area (TPSA) is 49.9 Å². The SMILES string of the molecule is COC1CCCCC1Nc1c(C)n[nH]c1C. The van der Waals surface area contributed by atoms with Crippen molar-refractivity contribution in [1.29, 1.82) is 0 Å². The Morgan fingerprint density at radius 1 is 1.31 bits per heavy atom. The number of rotatable bonds is 3. The molecule has 0 amide bonds. The van der Waals surface area contributed by atoms with E-state index >= 15 is 0 Å². The molecule has 0 aromatic carbocycles. The smallest absolute Gasteiger partial charge is 0.0825 e. The van der Waals surface area contributed by atoms with E-state index in [1.807, 2.05) is 13.8 Å². The number of aromatic nitrogens is 2. The van der Waals surface area contributed by atoms with E-state index < -0.39 is 0 Å². The van der Waals surface area contributed by atoms with Crippen molar-refractivity contribution in [2.75, 3.05) is 12.4 Å². The van der Waals surface area contributed by atoms with E-state index in [0.29, 0.717) is 12.1 Å². The van der Waals surface area contributed by atoms with Gasteiger partial charge in [-0.1, -0.05) is 12.8 Å². The highest BCUT2D eigenvalue weighted by molar-refractivity contribution is 5.52. The van der Waals surface area contributed by atoms with Crippen molar-refractivity contribution in [2.24, 2.45) is 0 Å². The van der Waals surface area contributed by atoms with Gasteiger partial charge in [0.1, 0.15) is 0 Å². The molecule has 90 valence electrons. The van der Waals surface area contributed by atoms with Gasteiger partial charge in [-0.05, 0) is 26.7 Å². The summed E-state index contributed by atoms with van der Waals surface area (Å²) in [6.07, 6.45) is 5.24. The van der Waals surface area contributed by atoms with E-state index in [1.54, 1.807) is 7.11 Å². The van der Waals surface area contributed by atoms with Gasteiger partial charge in [-0.15, -0.1) is 0 Å². The van der Waals surface area contributed by atoms with Crippen LogP contribution in [0.25, 0.3) is 0 Å². The highest BCUT2D eigenvalue weighted by atomic mass is 16.5. The fourth-order valence-corrected chi connectivity index (χ4v) is 2.49. The van der Waals surface area contributed by atoms with Gasteiger partial charge in [0.2, 0.25) is 0 Å². The number of H-pyrrole nitrogens is 1. The summed E-state index contributed by atoms with van der Waals surface area (Å²) < 4.78 is 5.54. The molecular weight excluding hydrogens is 202 g/mol. The van der Waals surface area contributed by atoms with Gasteiger partial charge in [0.25, 0.3) is 0 Å². The Morgan fingerprint density at radius 3 is 2.69 bits per heavy atom. The quantitative estimate of drug-likeness (QED) is 0.827. The van der Waals surface area contributed by atoms with Crippen molar-refractivity contribution < 1.29 is 4.74 Å². The molecule has 1 fully saturated rings. The molecule has 1 heterocycles. The highest BCUT2D eigenvalue weighted by Crippen LogP contribution is 2.26. The number of aryl methyl sites for hydroxylation is 2. The first-order valence-electron chi connectivity index (χ1n) is 6.03. The summed E-state index contributed by atoms with van der Waals surface area (Å²) in [6.45, 7) is 4.07. The standard InChI is InChI=1S/C12H21N3O/c1-8-12(9(2)15-14-8)13-10-6-4-5-7-11(10)16-3/h10-11,13H,4-7H2,1-3H3,(H,14,15). The van der Waals surface area contributed by atoms with Crippen LogP contribution in [0.2, 0.25) is 0 Å². The second-order valence-electron chi connectivity index (χ2n) is 4.62. The minimum absolute atomic E-state index is 0.336. The Kier molecular flexibility index (Phi) is 3.49. The van der Waals surface area contributed by atoms with Crippen molar-refractivity contribution >= 4 is 5.69 Å². The number of ether oxygens (including phenoxy) is 1. The Hall–Kier alpha value is -1.03. The van der Waals surface area contributed by atoms with Gasteiger partial charge in [-0.2, -0.15) is 5.10 Å². The molecule has 1 aromatic heterocycles. The van der Waals surface area contributed by atoms with Crippen LogP contribution >= 0.6 is 0 Å². The molecule has 1 saturated carbocycles. The van der Waals surface area contributed by atoms with Crippen LogP contribution in [0, 0.1) is 13.8 Å². The summed E-state index contributed by atoms with van der Waals surface area (Å²) >= 11 is 0. The number of aromatic amines is 1. The van der Waals surface area contributed by atoms with E-state index in [9.17, 15) is 0 Å². The number of nitrogens with one attached hydrogen (secondary N) is 2. The van der Waals surface area contributed by atoms with Crippen LogP contribution in [0.3, 0.4) is 0 Å². The fraction of sp³-hybridized carbons (Fsp3) is 0.750. The van der Waals surface area contributed by atoms with E-state index in [4.69, 9.17) is 4.74 Å². The van der Waals surface area contributed by atoms with Crippen molar-refractivity contribution in [3.8, 4) is 0 Å². The second kappa shape index (κ2) is 4.87. The molecule has 0 saturated heterocycles. The monoisotopic (exact) mass is 223 g/mol. The van der Waals surface area contributed by atoms with Crippen LogP contribution in [0.1, 0.15) is 37.1 Å². The highest BCUT2D eigenvalue weighted by Gasteiger charge is 2.25. The Morgan fingerprint density at radius 2 is 2.06 bits per heavy atom. The van der Waals surface area contributed by atoms with E-state index in [1.165, 1.54) is 19.3 Å². The predicted octanol–water partition coefficient (Wildman–Crippen LogP) is 2.40. The summed E-state index contributed by atoms with van der Waals surface area (Å²) in [4.78, 5) is 0. The average Bonchev–Trinajstić information content (AvgIpc) is 2.61. The number of methoxy groups -OCH3 is 1. The second-order valence-corrected chi connectivity index (χ2v) is 4.62. The van der Waals surface area contributed by atoms with Gasteiger partial charge in [0.05, 0.1) is 29.2 Å². The molecule has 1 aromatic rings. The minimum atomic E-state index is 0.336. The maximum atomic E-state index is 5.54. The number of hydrogen-bond acceptors (Lipinski definition) is 3. The normalized spacial score (nSPS) is 25.7. The van der Waals surface area contributed by atoms with Crippen molar-refractivity contribution in [3.63, 3.8) is 0 Å². The zero-order chi connectivity index (χ0) is 11.5. The van der Waals surface area contributed by atoms with Crippen LogP contribution in [0.15, 0.2) is 0 Å². The summed E-state index contributed by atoms with van der Waals surface area (Å²) in [5.74, 6) is 0. The van der Waals surface area contributed by atoms with Gasteiger partial charge in [0, 0.05) is 7.11 Å². The summed E-state index contributed by atoms with van der Waals surface area (Å²) in [7, 11) is 1.81. The zero-order valence-corrected chi connectivity index (χ0v) is 10.3. The molecule has 2 N–H and O–H groups in total. The molecule has 4 nitrogen and oxygen atoms in total. The van der Waals surface area contributed by atoms with Crippen molar-refractivity contribution in [3.05, 3.63) is 11.4 Å². The lowest BCUT2D eigenvalue weighted by molar-refractivity contribution is 0.0606. The van der Waals surface area contributed by atoms with E-state index in [0.717, 1.165) is 23.5 Å². The van der Waals surface area contributed by atoms with Crippen LogP contribution in [-0.4, -0.2) is 29.5 Å². The number of hydrogen-bond donors (Lipinski definition) is 2. The maximum absolute atomic E-state index is 5.54. The minimum Gasteiger partial charge on any atom is -0.379 e. The van der Waals surface area contributed by atoms with Gasteiger partial charge in [0.15, 0.2) is 0 Å². The largest absolute Gasteiger partial charge is 0.379 e. The van der Waals surface area contributed by atoms with Crippen LogP contribution in [0.5, 0.6) is 0 Å². The first-order chi connectivity index (χ1) is 7.72. The molecule has 1 aliphatic carbocycles. The van der Waals surface area contributed by atoms with Gasteiger partial charge in [-0.25, -0.2) is 0 Å². The van der Waals surface area contributed by atoms with Crippen LogP contribution in [-0.2, 0) is 4.74 Å². The molecule has 1 aliphatic rings. The summed E-state index contributed by atoms with van der Waals surface area (Å²) in [5, 5.41) is 10.8. The van der Waals surface area contributed by atoms with Crippen LogP contribution < -0.4 is 5.32 Å². The summed E-state index contributed by atoms with van der Waals surface area (Å²) in [5.41, 5.74) is 3.30. The van der Waals surface area contributed by atoms with Gasteiger partial charge < -0.3 is 10.1 Å². The zero-order valence-electron chi connectivity index (χ0n) is 10.3. The molecule has 2 atom stereocenters. The Labute approximate surface area is 96.8 Å². The molecule has 4 heteroatoms. The van der Waals surface area contributed by atoms with Crippen molar-refractivity contribution in [2.45, 2.75) is 51.7 Å². The number of nitrogens with zero attached hydrogens (tertiary/aromatic N) is 1. The summed E-state index contributed by atoms with van der Waals surface area (Å²) in [6, 6.07) is 0.425. The Balaban J connectivity index is 2.07. The third kappa shape index (κ3) is 2.21. The first kappa shape index (κ1) is 11.5. The molecule has 2 unspecified atom stereocenters.